The SMILES string of the molecule is C=CCn1c(COc2ccc(C(C)C)cc2)nnc1SCC(=O)Nc1cccc(C)c1C. The maximum Gasteiger partial charge on any atom is 0.234 e. The van der Waals surface area contributed by atoms with Gasteiger partial charge in [-0.1, -0.05) is 56.0 Å². The Balaban J connectivity index is 1.61. The van der Waals surface area contributed by atoms with Crippen molar-refractivity contribution in [2.45, 2.75) is 51.9 Å². The molecule has 1 aromatic heterocycles. The first-order chi connectivity index (χ1) is 15.4. The molecule has 1 N–H and O–H groups in total. The third-order valence-corrected chi connectivity index (χ3v) is 6.20. The van der Waals surface area contributed by atoms with Crippen LogP contribution in [0.1, 0.15) is 42.3 Å². The fourth-order valence-corrected chi connectivity index (χ4v) is 3.91. The quantitative estimate of drug-likeness (QED) is 0.326. The monoisotopic (exact) mass is 450 g/mol. The highest BCUT2D eigenvalue weighted by molar-refractivity contribution is 7.99. The Labute approximate surface area is 194 Å². The van der Waals surface area contributed by atoms with Crippen molar-refractivity contribution in [2.24, 2.45) is 0 Å². The van der Waals surface area contributed by atoms with E-state index >= 15 is 0 Å². The molecule has 0 unspecified atom stereocenters. The highest BCUT2D eigenvalue weighted by Crippen LogP contribution is 2.22. The number of nitrogens with zero attached hydrogens (tertiary/aromatic N) is 3. The van der Waals surface area contributed by atoms with Crippen molar-refractivity contribution < 1.29 is 9.53 Å². The molecule has 0 saturated heterocycles. The van der Waals surface area contributed by atoms with Crippen LogP contribution in [0, 0.1) is 13.8 Å². The lowest BCUT2D eigenvalue weighted by Crippen LogP contribution is -2.16. The summed E-state index contributed by atoms with van der Waals surface area (Å²) in [6.07, 6.45) is 1.78. The lowest BCUT2D eigenvalue weighted by atomic mass is 10.0. The van der Waals surface area contributed by atoms with Gasteiger partial charge in [0.25, 0.3) is 0 Å². The number of nitrogens with one attached hydrogen (secondary N) is 1. The Morgan fingerprint density at radius 3 is 2.62 bits per heavy atom. The van der Waals surface area contributed by atoms with Crippen molar-refractivity contribution in [3.8, 4) is 5.75 Å². The van der Waals surface area contributed by atoms with Gasteiger partial charge in [-0.2, -0.15) is 0 Å². The predicted molar refractivity (Wildman–Crippen MR) is 130 cm³/mol. The number of carbonyl (C=O) groups excluding carboxylic acids is 1. The lowest BCUT2D eigenvalue weighted by molar-refractivity contribution is -0.113. The van der Waals surface area contributed by atoms with Gasteiger partial charge in [0.15, 0.2) is 11.0 Å². The largest absolute Gasteiger partial charge is 0.486 e. The molecule has 0 radical (unpaired) electrons. The second kappa shape index (κ2) is 11.0. The molecule has 0 spiro atoms. The Kier molecular flexibility index (Phi) is 8.11. The number of aryl methyl sites for hydroxylation is 1. The van der Waals surface area contributed by atoms with Gasteiger partial charge in [0, 0.05) is 12.2 Å². The van der Waals surface area contributed by atoms with E-state index in [-0.39, 0.29) is 18.3 Å². The predicted octanol–water partition coefficient (Wildman–Crippen LogP) is 5.51. The fraction of sp³-hybridized carbons (Fsp3) is 0.320. The molecule has 0 aliphatic rings. The number of carbonyl (C=O) groups is 1. The van der Waals surface area contributed by atoms with Crippen LogP contribution in [0.5, 0.6) is 5.75 Å². The standard InChI is InChI=1S/C25H30N4O2S/c1-6-14-29-23(15-31-21-12-10-20(11-13-21)17(2)3)27-28-25(29)32-16-24(30)26-22-9-7-8-18(4)19(22)5/h6-13,17H,1,14-16H2,2-5H3,(H,26,30). The van der Waals surface area contributed by atoms with E-state index in [1.54, 1.807) is 6.08 Å². The maximum atomic E-state index is 12.5. The molecule has 3 rings (SSSR count). The van der Waals surface area contributed by atoms with Crippen LogP contribution >= 0.6 is 11.8 Å². The first kappa shape index (κ1) is 23.6. The fourth-order valence-electron chi connectivity index (χ4n) is 3.14. The van der Waals surface area contributed by atoms with Crippen molar-refractivity contribution in [2.75, 3.05) is 11.1 Å². The highest BCUT2D eigenvalue weighted by atomic mass is 32.2. The second-order valence-corrected chi connectivity index (χ2v) is 8.84. The average molecular weight is 451 g/mol. The number of ether oxygens (including phenoxy) is 1. The Bertz CT molecular complexity index is 1070. The second-order valence-electron chi connectivity index (χ2n) is 7.89. The number of rotatable bonds is 10. The molecule has 3 aromatic rings. The summed E-state index contributed by atoms with van der Waals surface area (Å²) in [7, 11) is 0. The van der Waals surface area contributed by atoms with E-state index in [4.69, 9.17) is 4.74 Å². The van der Waals surface area contributed by atoms with Crippen LogP contribution in [0.3, 0.4) is 0 Å². The van der Waals surface area contributed by atoms with E-state index in [0.29, 0.717) is 23.4 Å². The normalized spacial score (nSPS) is 10.9. The van der Waals surface area contributed by atoms with Gasteiger partial charge in [-0.3, -0.25) is 9.36 Å². The number of aromatic nitrogens is 3. The van der Waals surface area contributed by atoms with E-state index < -0.39 is 0 Å². The molecule has 7 heteroatoms. The Hall–Kier alpha value is -3.06. The molecule has 0 aliphatic carbocycles. The minimum absolute atomic E-state index is 0.0834. The number of amides is 1. The number of allylic oxidation sites excluding steroid dienone is 1. The molecule has 1 amide bonds. The van der Waals surface area contributed by atoms with Crippen molar-refractivity contribution in [3.63, 3.8) is 0 Å². The van der Waals surface area contributed by atoms with Crippen LogP contribution in [0.2, 0.25) is 0 Å². The molecule has 6 nitrogen and oxygen atoms in total. The van der Waals surface area contributed by atoms with Crippen molar-refractivity contribution in [1.29, 1.82) is 0 Å². The van der Waals surface area contributed by atoms with Crippen molar-refractivity contribution in [3.05, 3.63) is 77.6 Å². The zero-order chi connectivity index (χ0) is 23.1. The molecule has 2 aromatic carbocycles. The van der Waals surface area contributed by atoms with E-state index in [9.17, 15) is 4.79 Å². The third-order valence-electron chi connectivity index (χ3n) is 5.23. The molecule has 0 atom stereocenters. The van der Waals surface area contributed by atoms with Gasteiger partial charge in [-0.05, 0) is 54.7 Å². The van der Waals surface area contributed by atoms with Gasteiger partial charge in [0.1, 0.15) is 12.4 Å². The zero-order valence-corrected chi connectivity index (χ0v) is 19.9. The molecule has 32 heavy (non-hydrogen) atoms. The molecule has 0 saturated carbocycles. The number of benzene rings is 2. The molecule has 0 aliphatic heterocycles. The molecule has 0 bridgehead atoms. The maximum absolute atomic E-state index is 12.5. The van der Waals surface area contributed by atoms with Crippen LogP contribution in [0.15, 0.2) is 60.3 Å². The lowest BCUT2D eigenvalue weighted by Gasteiger charge is -2.11. The van der Waals surface area contributed by atoms with Gasteiger partial charge in [0.2, 0.25) is 5.91 Å². The molecule has 168 valence electrons. The van der Waals surface area contributed by atoms with Crippen molar-refractivity contribution in [1.82, 2.24) is 14.8 Å². The van der Waals surface area contributed by atoms with E-state index in [1.165, 1.54) is 17.3 Å². The molecule has 1 heterocycles. The van der Waals surface area contributed by atoms with Gasteiger partial charge >= 0.3 is 0 Å². The van der Waals surface area contributed by atoms with Crippen LogP contribution in [0.4, 0.5) is 5.69 Å². The van der Waals surface area contributed by atoms with Gasteiger partial charge in [0.05, 0.1) is 5.75 Å². The number of thioether (sulfide) groups is 1. The minimum Gasteiger partial charge on any atom is -0.486 e. The summed E-state index contributed by atoms with van der Waals surface area (Å²) in [5.74, 6) is 2.10. The van der Waals surface area contributed by atoms with Crippen LogP contribution in [-0.2, 0) is 17.9 Å². The number of hydrogen-bond acceptors (Lipinski definition) is 5. The first-order valence-electron chi connectivity index (χ1n) is 10.6. The minimum atomic E-state index is -0.0834. The van der Waals surface area contributed by atoms with Gasteiger partial charge in [-0.25, -0.2) is 0 Å². The number of anilines is 1. The smallest absolute Gasteiger partial charge is 0.234 e. The van der Waals surface area contributed by atoms with Crippen LogP contribution in [0.25, 0.3) is 0 Å². The van der Waals surface area contributed by atoms with Crippen LogP contribution in [-0.4, -0.2) is 26.4 Å². The summed E-state index contributed by atoms with van der Waals surface area (Å²) >= 11 is 1.35. The van der Waals surface area contributed by atoms with E-state index in [2.05, 4.69) is 48.1 Å². The zero-order valence-electron chi connectivity index (χ0n) is 19.1. The summed E-state index contributed by atoms with van der Waals surface area (Å²) in [4.78, 5) is 12.5. The van der Waals surface area contributed by atoms with Gasteiger partial charge < -0.3 is 10.1 Å². The Morgan fingerprint density at radius 2 is 1.94 bits per heavy atom. The number of hydrogen-bond donors (Lipinski definition) is 1. The van der Waals surface area contributed by atoms with E-state index in [1.807, 2.05) is 48.7 Å². The average Bonchev–Trinajstić information content (AvgIpc) is 3.16. The van der Waals surface area contributed by atoms with E-state index in [0.717, 1.165) is 22.6 Å². The highest BCUT2D eigenvalue weighted by Gasteiger charge is 2.15. The summed E-state index contributed by atoms with van der Waals surface area (Å²) < 4.78 is 7.83. The summed E-state index contributed by atoms with van der Waals surface area (Å²) in [6, 6.07) is 14.0. The molecular formula is C25H30N4O2S. The Morgan fingerprint density at radius 1 is 1.19 bits per heavy atom. The van der Waals surface area contributed by atoms with Crippen molar-refractivity contribution >= 4 is 23.4 Å². The summed E-state index contributed by atoms with van der Waals surface area (Å²) in [5.41, 5.74) is 4.32. The summed E-state index contributed by atoms with van der Waals surface area (Å²) in [5, 5.41) is 12.2. The van der Waals surface area contributed by atoms with Gasteiger partial charge in [-0.15, -0.1) is 16.8 Å². The molecule has 0 fully saturated rings. The molecular weight excluding hydrogens is 420 g/mol. The van der Waals surface area contributed by atoms with Crippen LogP contribution < -0.4 is 10.1 Å². The third kappa shape index (κ3) is 6.01. The first-order valence-corrected chi connectivity index (χ1v) is 11.6. The topological polar surface area (TPSA) is 69.0 Å². The summed E-state index contributed by atoms with van der Waals surface area (Å²) in [6.45, 7) is 13.0.